The van der Waals surface area contributed by atoms with Gasteiger partial charge in [-0.05, 0) is 18.4 Å². The van der Waals surface area contributed by atoms with E-state index in [1.165, 1.54) is 0 Å². The predicted octanol–water partition coefficient (Wildman–Crippen LogP) is 3.16. The molecule has 0 aromatic heterocycles. The third-order valence-corrected chi connectivity index (χ3v) is 3.49. The molecule has 0 spiro atoms. The van der Waals surface area contributed by atoms with Gasteiger partial charge in [-0.3, -0.25) is 4.79 Å². The van der Waals surface area contributed by atoms with Crippen LogP contribution in [0.3, 0.4) is 0 Å². The molecule has 0 fully saturated rings. The topological polar surface area (TPSA) is 38.3 Å². The minimum Gasteiger partial charge on any atom is -0.496 e. The van der Waals surface area contributed by atoms with Gasteiger partial charge in [0.25, 0.3) is 0 Å². The Bertz CT molecular complexity index is 407. The lowest BCUT2D eigenvalue weighted by molar-refractivity contribution is -0.120. The number of hydrogen-bond donors (Lipinski definition) is 1. The van der Waals surface area contributed by atoms with Crippen molar-refractivity contribution in [3.05, 3.63) is 29.8 Å². The van der Waals surface area contributed by atoms with Gasteiger partial charge in [0.2, 0.25) is 5.91 Å². The largest absolute Gasteiger partial charge is 0.496 e. The van der Waals surface area contributed by atoms with Gasteiger partial charge in [0, 0.05) is 16.9 Å². The first-order valence-electron chi connectivity index (χ1n) is 6.55. The zero-order chi connectivity index (χ0) is 14.3. The zero-order valence-electron chi connectivity index (χ0n) is 11.8. The second-order valence-corrected chi connectivity index (χ2v) is 6.31. The summed E-state index contributed by atoms with van der Waals surface area (Å²) < 4.78 is 5.24. The highest BCUT2D eigenvalue weighted by molar-refractivity contribution is 9.09. The van der Waals surface area contributed by atoms with Gasteiger partial charge in [-0.2, -0.15) is 0 Å². The molecule has 1 atom stereocenters. The maximum atomic E-state index is 11.9. The van der Waals surface area contributed by atoms with Crippen molar-refractivity contribution in [1.29, 1.82) is 0 Å². The molecule has 1 unspecified atom stereocenters. The molecule has 0 saturated heterocycles. The standard InChI is InChI=1S/C15H22BrNO2/c1-11(2)8-13(16)10-17-15(18)9-12-6-4-5-7-14(12)19-3/h4-7,11,13H,8-10H2,1-3H3,(H,17,18). The summed E-state index contributed by atoms with van der Waals surface area (Å²) in [4.78, 5) is 12.2. The average molecular weight is 328 g/mol. The summed E-state index contributed by atoms with van der Waals surface area (Å²) in [6, 6.07) is 7.60. The van der Waals surface area contributed by atoms with Crippen LogP contribution < -0.4 is 10.1 Å². The predicted molar refractivity (Wildman–Crippen MR) is 81.9 cm³/mol. The molecule has 4 heteroatoms. The van der Waals surface area contributed by atoms with E-state index in [4.69, 9.17) is 4.74 Å². The molecule has 1 aromatic rings. The zero-order valence-corrected chi connectivity index (χ0v) is 13.4. The number of ether oxygens (including phenoxy) is 1. The van der Waals surface area contributed by atoms with E-state index in [1.807, 2.05) is 24.3 Å². The fourth-order valence-electron chi connectivity index (χ4n) is 1.90. The molecule has 1 rings (SSSR count). The number of alkyl halides is 1. The fraction of sp³-hybridized carbons (Fsp3) is 0.533. The van der Waals surface area contributed by atoms with Crippen molar-refractivity contribution in [2.24, 2.45) is 5.92 Å². The first-order chi connectivity index (χ1) is 9.02. The summed E-state index contributed by atoms with van der Waals surface area (Å²) >= 11 is 3.58. The summed E-state index contributed by atoms with van der Waals surface area (Å²) in [6.45, 7) is 5.00. The van der Waals surface area contributed by atoms with Crippen LogP contribution in [0.1, 0.15) is 25.8 Å². The molecular formula is C15H22BrNO2. The molecule has 19 heavy (non-hydrogen) atoms. The van der Waals surface area contributed by atoms with Crippen LogP contribution in [-0.2, 0) is 11.2 Å². The van der Waals surface area contributed by atoms with Crippen molar-refractivity contribution >= 4 is 21.8 Å². The molecule has 0 aliphatic heterocycles. The van der Waals surface area contributed by atoms with Gasteiger partial charge in [-0.25, -0.2) is 0 Å². The van der Waals surface area contributed by atoms with E-state index in [2.05, 4.69) is 35.1 Å². The quantitative estimate of drug-likeness (QED) is 0.781. The number of halogens is 1. The third kappa shape index (κ3) is 6.10. The number of carbonyl (C=O) groups is 1. The molecular weight excluding hydrogens is 306 g/mol. The fourth-order valence-corrected chi connectivity index (χ4v) is 2.81. The second-order valence-electron chi connectivity index (χ2n) is 5.02. The van der Waals surface area contributed by atoms with Crippen molar-refractivity contribution in [3.8, 4) is 5.75 Å². The Balaban J connectivity index is 2.43. The van der Waals surface area contributed by atoms with Crippen molar-refractivity contribution in [2.75, 3.05) is 13.7 Å². The van der Waals surface area contributed by atoms with E-state index in [0.717, 1.165) is 17.7 Å². The van der Waals surface area contributed by atoms with Gasteiger partial charge in [0.15, 0.2) is 0 Å². The molecule has 0 aliphatic carbocycles. The third-order valence-electron chi connectivity index (χ3n) is 2.79. The van der Waals surface area contributed by atoms with E-state index in [-0.39, 0.29) is 5.91 Å². The minimum absolute atomic E-state index is 0.0257. The molecule has 1 aromatic carbocycles. The van der Waals surface area contributed by atoms with E-state index < -0.39 is 0 Å². The lowest BCUT2D eigenvalue weighted by Gasteiger charge is -2.14. The molecule has 0 saturated carbocycles. The summed E-state index contributed by atoms with van der Waals surface area (Å²) in [5, 5.41) is 2.95. The molecule has 106 valence electrons. The lowest BCUT2D eigenvalue weighted by Crippen LogP contribution is -2.31. The number of para-hydroxylation sites is 1. The second kappa shape index (κ2) is 8.20. The summed E-state index contributed by atoms with van der Waals surface area (Å²) in [5.41, 5.74) is 0.914. The SMILES string of the molecule is COc1ccccc1CC(=O)NCC(Br)CC(C)C. The number of carbonyl (C=O) groups excluding carboxylic acids is 1. The number of amides is 1. The van der Waals surface area contributed by atoms with Gasteiger partial charge < -0.3 is 10.1 Å². The smallest absolute Gasteiger partial charge is 0.224 e. The highest BCUT2D eigenvalue weighted by atomic mass is 79.9. The number of benzene rings is 1. The van der Waals surface area contributed by atoms with Gasteiger partial charge >= 0.3 is 0 Å². The van der Waals surface area contributed by atoms with Crippen LogP contribution in [0, 0.1) is 5.92 Å². The van der Waals surface area contributed by atoms with Crippen LogP contribution in [0.25, 0.3) is 0 Å². The maximum absolute atomic E-state index is 11.9. The van der Waals surface area contributed by atoms with Crippen LogP contribution in [0.5, 0.6) is 5.75 Å². The van der Waals surface area contributed by atoms with Gasteiger partial charge in [0.05, 0.1) is 13.5 Å². The van der Waals surface area contributed by atoms with Gasteiger partial charge in [-0.1, -0.05) is 48.0 Å². The van der Waals surface area contributed by atoms with Crippen LogP contribution in [-0.4, -0.2) is 24.4 Å². The molecule has 0 aliphatic rings. The summed E-state index contributed by atoms with van der Waals surface area (Å²) in [6.07, 6.45) is 1.40. The number of hydrogen-bond acceptors (Lipinski definition) is 2. The van der Waals surface area contributed by atoms with E-state index in [1.54, 1.807) is 7.11 Å². The van der Waals surface area contributed by atoms with Crippen molar-refractivity contribution in [1.82, 2.24) is 5.32 Å². The van der Waals surface area contributed by atoms with Crippen LogP contribution in [0.15, 0.2) is 24.3 Å². The van der Waals surface area contributed by atoms with Crippen LogP contribution in [0.4, 0.5) is 0 Å². The normalized spacial score (nSPS) is 12.3. The monoisotopic (exact) mass is 327 g/mol. The molecule has 0 radical (unpaired) electrons. The van der Waals surface area contributed by atoms with Crippen molar-refractivity contribution < 1.29 is 9.53 Å². The molecule has 3 nitrogen and oxygen atoms in total. The average Bonchev–Trinajstić information content (AvgIpc) is 2.36. The highest BCUT2D eigenvalue weighted by Crippen LogP contribution is 2.17. The Kier molecular flexibility index (Phi) is 6.92. The number of nitrogens with one attached hydrogen (secondary N) is 1. The van der Waals surface area contributed by atoms with Crippen molar-refractivity contribution in [3.63, 3.8) is 0 Å². The Hall–Kier alpha value is -1.03. The Morgan fingerprint density at radius 1 is 1.37 bits per heavy atom. The van der Waals surface area contributed by atoms with Crippen LogP contribution in [0.2, 0.25) is 0 Å². The van der Waals surface area contributed by atoms with E-state index in [0.29, 0.717) is 23.7 Å². The summed E-state index contributed by atoms with van der Waals surface area (Å²) in [5.74, 6) is 1.41. The first-order valence-corrected chi connectivity index (χ1v) is 7.47. The molecule has 0 heterocycles. The van der Waals surface area contributed by atoms with Gasteiger partial charge in [0.1, 0.15) is 5.75 Å². The summed E-state index contributed by atoms with van der Waals surface area (Å²) in [7, 11) is 1.62. The minimum atomic E-state index is 0.0257. The number of methoxy groups -OCH3 is 1. The Labute approximate surface area is 123 Å². The lowest BCUT2D eigenvalue weighted by atomic mass is 10.1. The Morgan fingerprint density at radius 3 is 2.68 bits per heavy atom. The molecule has 0 bridgehead atoms. The highest BCUT2D eigenvalue weighted by Gasteiger charge is 2.11. The van der Waals surface area contributed by atoms with Crippen LogP contribution >= 0.6 is 15.9 Å². The van der Waals surface area contributed by atoms with E-state index in [9.17, 15) is 4.79 Å². The van der Waals surface area contributed by atoms with Gasteiger partial charge in [-0.15, -0.1) is 0 Å². The Morgan fingerprint density at radius 2 is 2.05 bits per heavy atom. The number of rotatable bonds is 7. The van der Waals surface area contributed by atoms with E-state index >= 15 is 0 Å². The maximum Gasteiger partial charge on any atom is 0.224 e. The molecule has 1 amide bonds. The molecule has 1 N–H and O–H groups in total. The van der Waals surface area contributed by atoms with Crippen molar-refractivity contribution in [2.45, 2.75) is 31.5 Å². The first kappa shape index (κ1) is 16.0.